The molecule has 2 amide bonds. The molecule has 2 aliphatic heterocycles. The Hall–Kier alpha value is -3.00. The smallest absolute Gasteiger partial charge is 0.367 e. The third-order valence-electron chi connectivity index (χ3n) is 5.05. The first-order valence-electron chi connectivity index (χ1n) is 9.34. The lowest BCUT2D eigenvalue weighted by Gasteiger charge is -2.21. The summed E-state index contributed by atoms with van der Waals surface area (Å²) in [5, 5.41) is 5.11. The summed E-state index contributed by atoms with van der Waals surface area (Å²) in [7, 11) is 0. The monoisotopic (exact) mass is 383 g/mol. The van der Waals surface area contributed by atoms with Crippen LogP contribution in [-0.2, 0) is 9.57 Å². The molecule has 0 spiro atoms. The van der Waals surface area contributed by atoms with Gasteiger partial charge in [-0.25, -0.2) is 4.79 Å². The Morgan fingerprint density at radius 1 is 1.14 bits per heavy atom. The number of amides is 2. The first-order chi connectivity index (χ1) is 13.5. The number of benzene rings is 1. The van der Waals surface area contributed by atoms with E-state index in [0.717, 1.165) is 12.8 Å². The van der Waals surface area contributed by atoms with E-state index in [1.165, 1.54) is 12.1 Å². The fourth-order valence-electron chi connectivity index (χ4n) is 3.48. The lowest BCUT2D eigenvalue weighted by molar-refractivity contribution is -0.0586. The number of hydroxylamine groups is 2. The molecule has 4 rings (SSSR count). The number of rotatable bonds is 4. The maximum Gasteiger partial charge on any atom is 0.367 e. The molecule has 1 fully saturated rings. The number of carbonyl (C=O) groups excluding carboxylic acids is 3. The van der Waals surface area contributed by atoms with Gasteiger partial charge in [0.15, 0.2) is 0 Å². The van der Waals surface area contributed by atoms with Crippen molar-refractivity contribution in [3.05, 3.63) is 52.8 Å². The molecule has 146 valence electrons. The number of ether oxygens (including phenoxy) is 1. The number of imide groups is 1. The van der Waals surface area contributed by atoms with Gasteiger partial charge < -0.3 is 9.57 Å². The van der Waals surface area contributed by atoms with E-state index in [1.54, 1.807) is 23.0 Å². The summed E-state index contributed by atoms with van der Waals surface area (Å²) in [5.41, 5.74) is 1.35. The summed E-state index contributed by atoms with van der Waals surface area (Å²) in [5.74, 6) is -1.97. The highest BCUT2D eigenvalue weighted by atomic mass is 16.7. The SMILES string of the molecule is CC(C)n1cc(C(=O)ON2C(=O)c3ccccc3C2=O)c(C2CCOCC2)n1. The molecular formula is C20H21N3O5. The second kappa shape index (κ2) is 7.20. The molecule has 0 N–H and O–H groups in total. The zero-order chi connectivity index (χ0) is 19.8. The van der Waals surface area contributed by atoms with Gasteiger partial charge in [0.05, 0.1) is 16.8 Å². The molecule has 2 aromatic rings. The summed E-state index contributed by atoms with van der Waals surface area (Å²) >= 11 is 0. The summed E-state index contributed by atoms with van der Waals surface area (Å²) < 4.78 is 7.10. The topological polar surface area (TPSA) is 90.7 Å². The van der Waals surface area contributed by atoms with E-state index < -0.39 is 17.8 Å². The predicted molar refractivity (Wildman–Crippen MR) is 97.8 cm³/mol. The molecule has 0 saturated carbocycles. The van der Waals surface area contributed by atoms with Crippen molar-refractivity contribution < 1.29 is 24.0 Å². The molecule has 1 aromatic carbocycles. The van der Waals surface area contributed by atoms with Crippen molar-refractivity contribution in [1.29, 1.82) is 0 Å². The highest BCUT2D eigenvalue weighted by Crippen LogP contribution is 2.30. The van der Waals surface area contributed by atoms with Crippen molar-refractivity contribution in [3.8, 4) is 0 Å². The van der Waals surface area contributed by atoms with E-state index in [-0.39, 0.29) is 28.7 Å². The molecule has 0 radical (unpaired) electrons. The molecule has 0 aliphatic carbocycles. The van der Waals surface area contributed by atoms with Crippen LogP contribution in [0, 0.1) is 0 Å². The molecule has 1 saturated heterocycles. The van der Waals surface area contributed by atoms with Gasteiger partial charge in [0.2, 0.25) is 0 Å². The molecule has 0 unspecified atom stereocenters. The predicted octanol–water partition coefficient (Wildman–Crippen LogP) is 2.73. The first kappa shape index (κ1) is 18.4. The van der Waals surface area contributed by atoms with E-state index >= 15 is 0 Å². The van der Waals surface area contributed by atoms with Crippen LogP contribution in [0.3, 0.4) is 0 Å². The van der Waals surface area contributed by atoms with E-state index in [1.807, 2.05) is 13.8 Å². The van der Waals surface area contributed by atoms with Crippen molar-refractivity contribution in [2.75, 3.05) is 13.2 Å². The molecule has 2 aliphatic rings. The number of hydrogen-bond donors (Lipinski definition) is 0. The largest absolute Gasteiger partial charge is 0.381 e. The average molecular weight is 383 g/mol. The summed E-state index contributed by atoms with van der Waals surface area (Å²) in [6, 6.07) is 6.44. The maximum atomic E-state index is 12.9. The molecule has 0 atom stereocenters. The minimum Gasteiger partial charge on any atom is -0.381 e. The minimum atomic E-state index is -0.761. The highest BCUT2D eigenvalue weighted by Gasteiger charge is 2.39. The Bertz CT molecular complexity index is 908. The first-order valence-corrected chi connectivity index (χ1v) is 9.34. The standard InChI is InChI=1S/C20H21N3O5/c1-12(2)22-11-16(17(21-22)13-7-9-27-10-8-13)20(26)28-23-18(24)14-5-3-4-6-15(14)19(23)25/h3-6,11-13H,7-10H2,1-2H3. The third-order valence-corrected chi connectivity index (χ3v) is 5.05. The van der Waals surface area contributed by atoms with Crippen LogP contribution < -0.4 is 0 Å². The number of fused-ring (bicyclic) bond motifs is 1. The molecule has 8 heteroatoms. The van der Waals surface area contributed by atoms with E-state index in [4.69, 9.17) is 9.57 Å². The third kappa shape index (κ3) is 3.09. The summed E-state index contributed by atoms with van der Waals surface area (Å²) in [6.45, 7) is 5.12. The normalized spacial score (nSPS) is 17.3. The van der Waals surface area contributed by atoms with Crippen molar-refractivity contribution in [3.63, 3.8) is 0 Å². The minimum absolute atomic E-state index is 0.0550. The van der Waals surface area contributed by atoms with Gasteiger partial charge in [0.25, 0.3) is 11.8 Å². The van der Waals surface area contributed by atoms with Gasteiger partial charge in [-0.1, -0.05) is 17.2 Å². The summed E-state index contributed by atoms with van der Waals surface area (Å²) in [4.78, 5) is 43.1. The lowest BCUT2D eigenvalue weighted by Crippen LogP contribution is -2.33. The van der Waals surface area contributed by atoms with Crippen LogP contribution in [0.4, 0.5) is 0 Å². The second-order valence-corrected chi connectivity index (χ2v) is 7.22. The van der Waals surface area contributed by atoms with Gasteiger partial charge >= 0.3 is 5.97 Å². The van der Waals surface area contributed by atoms with E-state index in [9.17, 15) is 14.4 Å². The van der Waals surface area contributed by atoms with Crippen LogP contribution in [0.1, 0.15) is 75.4 Å². The Kier molecular flexibility index (Phi) is 4.72. The number of carbonyl (C=O) groups is 3. The Morgan fingerprint density at radius 2 is 1.75 bits per heavy atom. The highest BCUT2D eigenvalue weighted by molar-refractivity contribution is 6.21. The molecule has 3 heterocycles. The van der Waals surface area contributed by atoms with Crippen molar-refractivity contribution in [1.82, 2.24) is 14.8 Å². The molecule has 8 nitrogen and oxygen atoms in total. The van der Waals surface area contributed by atoms with Gasteiger partial charge in [0, 0.05) is 31.4 Å². The Balaban J connectivity index is 1.61. The summed E-state index contributed by atoms with van der Waals surface area (Å²) in [6.07, 6.45) is 3.13. The fraction of sp³-hybridized carbons (Fsp3) is 0.400. The van der Waals surface area contributed by atoms with Crippen LogP contribution in [0.15, 0.2) is 30.5 Å². The fourth-order valence-corrected chi connectivity index (χ4v) is 3.48. The molecular weight excluding hydrogens is 362 g/mol. The molecule has 0 bridgehead atoms. The van der Waals surface area contributed by atoms with Crippen molar-refractivity contribution >= 4 is 17.8 Å². The Morgan fingerprint density at radius 3 is 2.32 bits per heavy atom. The van der Waals surface area contributed by atoms with Crippen LogP contribution in [-0.4, -0.2) is 45.8 Å². The van der Waals surface area contributed by atoms with Gasteiger partial charge in [-0.15, -0.1) is 0 Å². The Labute approximate surface area is 162 Å². The van der Waals surface area contributed by atoms with Gasteiger partial charge in [-0.05, 0) is 38.8 Å². The van der Waals surface area contributed by atoms with E-state index in [2.05, 4.69) is 5.10 Å². The number of nitrogens with zero attached hydrogens (tertiary/aromatic N) is 3. The zero-order valence-electron chi connectivity index (χ0n) is 15.8. The quantitative estimate of drug-likeness (QED) is 0.754. The van der Waals surface area contributed by atoms with Crippen LogP contribution >= 0.6 is 0 Å². The number of aromatic nitrogens is 2. The average Bonchev–Trinajstić information content (AvgIpc) is 3.26. The second-order valence-electron chi connectivity index (χ2n) is 7.22. The van der Waals surface area contributed by atoms with Crippen LogP contribution in [0.2, 0.25) is 0 Å². The van der Waals surface area contributed by atoms with Crippen molar-refractivity contribution in [2.45, 2.75) is 38.6 Å². The van der Waals surface area contributed by atoms with Gasteiger partial charge in [-0.3, -0.25) is 14.3 Å². The van der Waals surface area contributed by atoms with E-state index in [0.29, 0.717) is 24.0 Å². The number of hydrogen-bond acceptors (Lipinski definition) is 6. The molecule has 28 heavy (non-hydrogen) atoms. The van der Waals surface area contributed by atoms with Gasteiger partial charge in [-0.2, -0.15) is 5.10 Å². The zero-order valence-corrected chi connectivity index (χ0v) is 15.8. The van der Waals surface area contributed by atoms with Crippen LogP contribution in [0.5, 0.6) is 0 Å². The van der Waals surface area contributed by atoms with Crippen LogP contribution in [0.25, 0.3) is 0 Å². The molecule has 1 aromatic heterocycles. The van der Waals surface area contributed by atoms with Crippen molar-refractivity contribution in [2.24, 2.45) is 0 Å². The maximum absolute atomic E-state index is 12.9. The van der Waals surface area contributed by atoms with Gasteiger partial charge in [0.1, 0.15) is 5.56 Å². The lowest BCUT2D eigenvalue weighted by atomic mass is 9.94.